The lowest BCUT2D eigenvalue weighted by Gasteiger charge is -2.21. The highest BCUT2D eigenvalue weighted by molar-refractivity contribution is 14.0. The molecule has 0 aliphatic carbocycles. The molecule has 1 atom stereocenters. The van der Waals surface area contributed by atoms with E-state index < -0.39 is 10.0 Å². The normalized spacial score (nSPS) is 17.3. The molecule has 29 heavy (non-hydrogen) atoms. The zero-order chi connectivity index (χ0) is 20.4. The topological polar surface area (TPSA) is 106 Å². The van der Waals surface area contributed by atoms with Crippen molar-refractivity contribution < 1.29 is 17.9 Å². The smallest absolute Gasteiger partial charge is 0.238 e. The van der Waals surface area contributed by atoms with E-state index in [1.165, 1.54) is 12.1 Å². The van der Waals surface area contributed by atoms with Crippen LogP contribution in [0.25, 0.3) is 0 Å². The van der Waals surface area contributed by atoms with Crippen LogP contribution in [0.3, 0.4) is 0 Å². The zero-order valence-electron chi connectivity index (χ0n) is 17.2. The number of guanidine groups is 1. The SMILES string of the molecule is CCNC(=NCCc1ccc(S(N)(=O)=O)cc1)N1CCC(COCCOC)C1.I. The van der Waals surface area contributed by atoms with Crippen LogP contribution in [-0.2, 0) is 25.9 Å². The molecule has 1 aromatic rings. The number of nitrogens with two attached hydrogens (primary N) is 1. The number of hydrogen-bond acceptors (Lipinski definition) is 5. The number of ether oxygens (including phenoxy) is 2. The first-order valence-corrected chi connectivity index (χ1v) is 11.2. The minimum atomic E-state index is -3.65. The Bertz CT molecular complexity index is 728. The Morgan fingerprint density at radius 3 is 2.66 bits per heavy atom. The standard InChI is InChI=1S/C19H32N4O4S.HI/c1-3-21-19(23-11-9-17(14-23)15-27-13-12-26-2)22-10-8-16-4-6-18(7-5-16)28(20,24)25;/h4-7,17H,3,8-15H2,1-2H3,(H,21,22)(H2,20,24,25);1H. The highest BCUT2D eigenvalue weighted by atomic mass is 127. The fourth-order valence-corrected chi connectivity index (χ4v) is 3.63. The summed E-state index contributed by atoms with van der Waals surface area (Å²) < 4.78 is 33.3. The number of rotatable bonds is 10. The Labute approximate surface area is 191 Å². The number of methoxy groups -OCH3 is 1. The van der Waals surface area contributed by atoms with Gasteiger partial charge in [0.15, 0.2) is 5.96 Å². The third kappa shape index (κ3) is 9.16. The number of benzene rings is 1. The highest BCUT2D eigenvalue weighted by Gasteiger charge is 2.24. The van der Waals surface area contributed by atoms with Crippen molar-refractivity contribution >= 4 is 40.0 Å². The van der Waals surface area contributed by atoms with Gasteiger partial charge >= 0.3 is 0 Å². The maximum Gasteiger partial charge on any atom is 0.238 e. The molecule has 0 spiro atoms. The van der Waals surface area contributed by atoms with Crippen LogP contribution in [0.4, 0.5) is 0 Å². The van der Waals surface area contributed by atoms with Gasteiger partial charge in [-0.15, -0.1) is 24.0 Å². The van der Waals surface area contributed by atoms with Gasteiger partial charge < -0.3 is 19.7 Å². The van der Waals surface area contributed by atoms with E-state index in [1.54, 1.807) is 19.2 Å². The Kier molecular flexibility index (Phi) is 12.0. The van der Waals surface area contributed by atoms with E-state index in [2.05, 4.69) is 17.1 Å². The van der Waals surface area contributed by atoms with Crippen LogP contribution in [0, 0.1) is 5.92 Å². The number of hydrogen-bond donors (Lipinski definition) is 2. The molecule has 1 fully saturated rings. The summed E-state index contributed by atoms with van der Waals surface area (Å²) in [6.07, 6.45) is 1.82. The second kappa shape index (κ2) is 13.4. The van der Waals surface area contributed by atoms with Crippen molar-refractivity contribution in [3.05, 3.63) is 29.8 Å². The number of aliphatic imine (C=N–C) groups is 1. The van der Waals surface area contributed by atoms with Gasteiger partial charge in [0.25, 0.3) is 0 Å². The monoisotopic (exact) mass is 540 g/mol. The molecule has 0 radical (unpaired) electrons. The molecular formula is C19H33IN4O4S. The van der Waals surface area contributed by atoms with Crippen LogP contribution in [-0.4, -0.2) is 72.4 Å². The fourth-order valence-electron chi connectivity index (χ4n) is 3.12. The third-order valence-corrected chi connectivity index (χ3v) is 5.55. The maximum absolute atomic E-state index is 11.3. The molecule has 8 nitrogen and oxygen atoms in total. The fraction of sp³-hybridized carbons (Fsp3) is 0.632. The van der Waals surface area contributed by atoms with Gasteiger partial charge in [-0.25, -0.2) is 13.6 Å². The summed E-state index contributed by atoms with van der Waals surface area (Å²) in [6, 6.07) is 6.64. The molecular weight excluding hydrogens is 507 g/mol. The van der Waals surface area contributed by atoms with Gasteiger partial charge in [-0.2, -0.15) is 0 Å². The van der Waals surface area contributed by atoms with Crippen molar-refractivity contribution in [3.8, 4) is 0 Å². The second-order valence-corrected chi connectivity index (χ2v) is 8.40. The van der Waals surface area contributed by atoms with E-state index in [4.69, 9.17) is 19.6 Å². The van der Waals surface area contributed by atoms with Gasteiger partial charge in [-0.05, 0) is 37.5 Å². The number of sulfonamides is 1. The van der Waals surface area contributed by atoms with Crippen molar-refractivity contribution in [2.24, 2.45) is 16.0 Å². The van der Waals surface area contributed by atoms with Gasteiger partial charge in [0, 0.05) is 39.2 Å². The van der Waals surface area contributed by atoms with E-state index in [0.29, 0.717) is 25.7 Å². The van der Waals surface area contributed by atoms with Crippen LogP contribution >= 0.6 is 24.0 Å². The van der Waals surface area contributed by atoms with Crippen molar-refractivity contribution in [2.75, 3.05) is 53.1 Å². The zero-order valence-corrected chi connectivity index (χ0v) is 20.3. The molecule has 0 aromatic heterocycles. The Morgan fingerprint density at radius 1 is 1.31 bits per heavy atom. The molecule has 3 N–H and O–H groups in total. The Morgan fingerprint density at radius 2 is 2.03 bits per heavy atom. The van der Waals surface area contributed by atoms with E-state index in [-0.39, 0.29) is 28.9 Å². The molecule has 10 heteroatoms. The lowest BCUT2D eigenvalue weighted by atomic mass is 10.1. The van der Waals surface area contributed by atoms with E-state index in [0.717, 1.165) is 50.6 Å². The number of nitrogens with zero attached hydrogens (tertiary/aromatic N) is 2. The minimum absolute atomic E-state index is 0. The van der Waals surface area contributed by atoms with Crippen LogP contribution in [0.5, 0.6) is 0 Å². The molecule has 166 valence electrons. The van der Waals surface area contributed by atoms with Crippen molar-refractivity contribution in [2.45, 2.75) is 24.7 Å². The molecule has 2 rings (SSSR count). The van der Waals surface area contributed by atoms with Crippen molar-refractivity contribution in [1.29, 1.82) is 0 Å². The third-order valence-electron chi connectivity index (χ3n) is 4.62. The molecule has 1 aliphatic rings. The maximum atomic E-state index is 11.3. The molecule has 1 unspecified atom stereocenters. The van der Waals surface area contributed by atoms with Gasteiger partial charge in [0.05, 0.1) is 24.7 Å². The van der Waals surface area contributed by atoms with Gasteiger partial charge in [-0.1, -0.05) is 12.1 Å². The van der Waals surface area contributed by atoms with Gasteiger partial charge in [0.1, 0.15) is 0 Å². The largest absolute Gasteiger partial charge is 0.382 e. The summed E-state index contributed by atoms with van der Waals surface area (Å²) in [5.41, 5.74) is 1.03. The molecule has 1 aliphatic heterocycles. The molecule has 1 saturated heterocycles. The van der Waals surface area contributed by atoms with E-state index in [9.17, 15) is 8.42 Å². The summed E-state index contributed by atoms with van der Waals surface area (Å²) in [5, 5.41) is 8.48. The van der Waals surface area contributed by atoms with Gasteiger partial charge in [0.2, 0.25) is 10.0 Å². The number of nitrogens with one attached hydrogen (secondary N) is 1. The number of likely N-dealkylation sites (tertiary alicyclic amines) is 1. The van der Waals surface area contributed by atoms with Crippen LogP contribution in [0.2, 0.25) is 0 Å². The second-order valence-electron chi connectivity index (χ2n) is 6.84. The first-order valence-electron chi connectivity index (χ1n) is 9.65. The highest BCUT2D eigenvalue weighted by Crippen LogP contribution is 2.17. The lowest BCUT2D eigenvalue weighted by Crippen LogP contribution is -2.40. The average molecular weight is 540 g/mol. The summed E-state index contributed by atoms with van der Waals surface area (Å²) in [5.74, 6) is 1.43. The molecule has 0 bridgehead atoms. The van der Waals surface area contributed by atoms with Crippen molar-refractivity contribution in [1.82, 2.24) is 10.2 Å². The Balaban J connectivity index is 0.00000420. The summed E-state index contributed by atoms with van der Waals surface area (Å²) in [4.78, 5) is 7.14. The van der Waals surface area contributed by atoms with Crippen LogP contribution in [0.15, 0.2) is 34.2 Å². The van der Waals surface area contributed by atoms with Gasteiger partial charge in [-0.3, -0.25) is 4.99 Å². The molecule has 0 saturated carbocycles. The minimum Gasteiger partial charge on any atom is -0.382 e. The number of halogens is 1. The summed E-state index contributed by atoms with van der Waals surface area (Å²) in [6.45, 7) is 7.40. The van der Waals surface area contributed by atoms with Crippen molar-refractivity contribution in [3.63, 3.8) is 0 Å². The Hall–Kier alpha value is -0.950. The average Bonchev–Trinajstić information content (AvgIpc) is 3.13. The van der Waals surface area contributed by atoms with Crippen LogP contribution < -0.4 is 10.5 Å². The van der Waals surface area contributed by atoms with E-state index >= 15 is 0 Å². The molecule has 0 amide bonds. The summed E-state index contributed by atoms with van der Waals surface area (Å²) >= 11 is 0. The van der Waals surface area contributed by atoms with Crippen LogP contribution in [0.1, 0.15) is 18.9 Å². The quantitative estimate of drug-likeness (QED) is 0.202. The summed E-state index contributed by atoms with van der Waals surface area (Å²) in [7, 11) is -1.97. The lowest BCUT2D eigenvalue weighted by molar-refractivity contribution is 0.0536. The van der Waals surface area contributed by atoms with E-state index in [1.807, 2.05) is 0 Å². The molecule has 1 heterocycles. The number of primary sulfonamides is 1. The predicted octanol–water partition coefficient (Wildman–Crippen LogP) is 1.44. The first kappa shape index (κ1) is 26.1. The first-order chi connectivity index (χ1) is 13.4. The predicted molar refractivity (Wildman–Crippen MR) is 125 cm³/mol. The molecule has 1 aromatic carbocycles.